The monoisotopic (exact) mass is 449 g/mol. The van der Waals surface area contributed by atoms with E-state index in [0.717, 1.165) is 25.5 Å². The summed E-state index contributed by atoms with van der Waals surface area (Å²) in [5.41, 5.74) is 2.58. The molecule has 5 heteroatoms. The lowest BCUT2D eigenvalue weighted by Crippen LogP contribution is -2.17. The van der Waals surface area contributed by atoms with Crippen LogP contribution in [0.2, 0.25) is 0 Å². The van der Waals surface area contributed by atoms with Gasteiger partial charge in [-0.1, -0.05) is 27.7 Å². The third-order valence-corrected chi connectivity index (χ3v) is 5.75. The summed E-state index contributed by atoms with van der Waals surface area (Å²) < 4.78 is 3.22. The van der Waals surface area contributed by atoms with Crippen LogP contribution in [0.4, 0.5) is 5.69 Å². The van der Waals surface area contributed by atoms with Gasteiger partial charge in [0.25, 0.3) is 0 Å². The molecule has 3 rings (SSSR count). The first-order valence-electron chi connectivity index (χ1n) is 5.76. The van der Waals surface area contributed by atoms with Crippen molar-refractivity contribution >= 4 is 65.2 Å². The molecule has 1 aromatic rings. The number of allylic oxidation sites excluding steroid dienone is 2. The van der Waals surface area contributed by atoms with Gasteiger partial charge in [0.05, 0.1) is 5.69 Å². The van der Waals surface area contributed by atoms with Gasteiger partial charge in [-0.05, 0) is 69.7 Å². The van der Waals surface area contributed by atoms with E-state index in [1.54, 1.807) is 11.8 Å². The second-order valence-corrected chi connectivity index (χ2v) is 7.83. The fourth-order valence-electron chi connectivity index (χ4n) is 2.29. The Morgan fingerprint density at radius 1 is 1.06 bits per heavy atom. The zero-order chi connectivity index (χ0) is 12.7. The van der Waals surface area contributed by atoms with E-state index in [4.69, 9.17) is 0 Å². The van der Waals surface area contributed by atoms with Gasteiger partial charge in [-0.2, -0.15) is 0 Å². The smallest absolute Gasteiger partial charge is 0.169 e. The lowest BCUT2D eigenvalue weighted by molar-refractivity contribution is 0.686. The molecular weight excluding hydrogens is 442 g/mol. The molecule has 0 bridgehead atoms. The van der Waals surface area contributed by atoms with Gasteiger partial charge in [-0.25, -0.2) is 0 Å². The third kappa shape index (κ3) is 2.43. The molecule has 1 nitrogen and oxygen atoms in total. The topological polar surface area (TPSA) is 3.24 Å². The van der Waals surface area contributed by atoms with Crippen molar-refractivity contribution in [3.8, 4) is 0 Å². The summed E-state index contributed by atoms with van der Waals surface area (Å²) >= 11 is 12.6. The normalized spacial score (nSPS) is 19.4. The minimum atomic E-state index is 1.06. The van der Waals surface area contributed by atoms with Gasteiger partial charge in [0.15, 0.2) is 5.88 Å². The summed E-state index contributed by atoms with van der Waals surface area (Å²) in [6, 6.07) is 4.15. The maximum Gasteiger partial charge on any atom is 0.169 e. The molecule has 94 valence electrons. The summed E-state index contributed by atoms with van der Waals surface area (Å²) in [6.45, 7) is 0. The number of halogens is 3. The number of hydrogen-bond acceptors (Lipinski definition) is 2. The summed E-state index contributed by atoms with van der Waals surface area (Å²) in [5.74, 6) is 3.42. The average molecular weight is 452 g/mol. The van der Waals surface area contributed by atoms with E-state index in [0.29, 0.717) is 0 Å². The molecule has 0 spiro atoms. The highest BCUT2D eigenvalue weighted by Gasteiger charge is 2.29. The molecule has 18 heavy (non-hydrogen) atoms. The van der Waals surface area contributed by atoms with E-state index in [2.05, 4.69) is 70.7 Å². The summed E-state index contributed by atoms with van der Waals surface area (Å²) in [4.78, 5) is 3.70. The number of hydrogen-bond donors (Lipinski definition) is 0. The van der Waals surface area contributed by atoms with Gasteiger partial charge in [-0.3, -0.25) is 0 Å². The van der Waals surface area contributed by atoms with Crippen LogP contribution in [0.3, 0.4) is 0 Å². The Morgan fingerprint density at radius 2 is 1.72 bits per heavy atom. The van der Waals surface area contributed by atoms with Gasteiger partial charge >= 0.3 is 0 Å². The first-order chi connectivity index (χ1) is 8.66. The average Bonchev–Trinajstić information content (AvgIpc) is 2.72. The van der Waals surface area contributed by atoms with Crippen LogP contribution in [0.5, 0.6) is 0 Å². The summed E-state index contributed by atoms with van der Waals surface area (Å²) in [6.07, 6.45) is 4.95. The molecule has 0 fully saturated rings. The van der Waals surface area contributed by atoms with E-state index in [1.807, 2.05) is 0 Å². The van der Waals surface area contributed by atoms with Crippen LogP contribution in [-0.4, -0.2) is 0 Å². The molecule has 0 atom stereocenters. The molecule has 1 aliphatic carbocycles. The van der Waals surface area contributed by atoms with Crippen molar-refractivity contribution in [3.63, 3.8) is 0 Å². The second-order valence-electron chi connectivity index (χ2n) is 4.32. The molecule has 1 aromatic carbocycles. The van der Waals surface area contributed by atoms with Crippen LogP contribution in [0.15, 0.2) is 36.2 Å². The third-order valence-electron chi connectivity index (χ3n) is 3.12. The molecule has 2 aliphatic rings. The van der Waals surface area contributed by atoms with Crippen molar-refractivity contribution in [1.29, 1.82) is 0 Å². The maximum absolute atomic E-state index is 3.65. The van der Waals surface area contributed by atoms with E-state index < -0.39 is 0 Å². The molecule has 0 aromatic heterocycles. The van der Waals surface area contributed by atoms with Gasteiger partial charge in [0.2, 0.25) is 0 Å². The lowest BCUT2D eigenvalue weighted by Gasteiger charge is -2.25. The molecule has 1 heterocycles. The molecule has 0 saturated carbocycles. The predicted octanol–water partition coefficient (Wildman–Crippen LogP) is 6.31. The zero-order valence-electron chi connectivity index (χ0n) is 9.47. The molecule has 0 unspecified atom stereocenters. The number of thioether (sulfide) groups is 1. The largest absolute Gasteiger partial charge is 0.321 e. The second kappa shape index (κ2) is 5.51. The first-order valence-corrected chi connectivity index (χ1v) is 8.95. The highest BCUT2D eigenvalue weighted by Crippen LogP contribution is 2.49. The van der Waals surface area contributed by atoms with Crippen LogP contribution < -0.4 is 4.90 Å². The van der Waals surface area contributed by atoms with Crippen molar-refractivity contribution in [1.82, 2.24) is 0 Å². The quantitative estimate of drug-likeness (QED) is 0.492. The molecule has 0 amide bonds. The van der Waals surface area contributed by atoms with Gasteiger partial charge in [-0.15, -0.1) is 0 Å². The highest BCUT2D eigenvalue weighted by atomic mass is 79.9. The molecule has 0 saturated heterocycles. The first kappa shape index (κ1) is 13.5. The van der Waals surface area contributed by atoms with Gasteiger partial charge < -0.3 is 4.90 Å². The Balaban J connectivity index is 2.04. The van der Waals surface area contributed by atoms with Crippen molar-refractivity contribution in [2.75, 3.05) is 4.90 Å². The van der Waals surface area contributed by atoms with Gasteiger partial charge in [0, 0.05) is 24.0 Å². The number of nitrogens with zero attached hydrogens (tertiary/aromatic N) is 1. The van der Waals surface area contributed by atoms with E-state index in [9.17, 15) is 0 Å². The van der Waals surface area contributed by atoms with E-state index in [1.165, 1.54) is 29.9 Å². The van der Waals surface area contributed by atoms with Crippen LogP contribution in [-0.2, 0) is 0 Å². The predicted molar refractivity (Wildman–Crippen MR) is 88.3 cm³/mol. The summed E-state index contributed by atoms with van der Waals surface area (Å²) in [5, 5.41) is 0. The van der Waals surface area contributed by atoms with E-state index >= 15 is 0 Å². The standard InChI is InChI=1S/C13H10Br3NS/c14-8-5-9(15)13(10(16)6-8)17-7-18-12-4-2-1-3-11(12)17/h5-6H,1-4H2. The van der Waals surface area contributed by atoms with Crippen LogP contribution in [0.25, 0.3) is 0 Å². The Hall–Kier alpha value is 0.550. The minimum Gasteiger partial charge on any atom is -0.321 e. The van der Waals surface area contributed by atoms with Crippen molar-refractivity contribution < 1.29 is 0 Å². The van der Waals surface area contributed by atoms with Crippen molar-refractivity contribution in [2.24, 2.45) is 0 Å². The number of anilines is 1. The number of rotatable bonds is 1. The van der Waals surface area contributed by atoms with Crippen molar-refractivity contribution in [2.45, 2.75) is 25.7 Å². The Morgan fingerprint density at radius 3 is 2.44 bits per heavy atom. The molecule has 0 N–H and O–H groups in total. The minimum absolute atomic E-state index is 1.06. The lowest BCUT2D eigenvalue weighted by atomic mass is 10.0. The summed E-state index contributed by atoms with van der Waals surface area (Å²) in [7, 11) is 0. The van der Waals surface area contributed by atoms with Crippen molar-refractivity contribution in [3.05, 3.63) is 42.0 Å². The Bertz CT molecular complexity index is 504. The molecular formula is C13H10Br3NS. The SMILES string of the molecule is Brc1cc(Br)c(N2[C]SC3=C2CCCC3)c(Br)c1. The highest BCUT2D eigenvalue weighted by molar-refractivity contribution is 9.11. The fourth-order valence-corrected chi connectivity index (χ4v) is 5.87. The fraction of sp³-hybridized carbons (Fsp3) is 0.308. The zero-order valence-corrected chi connectivity index (χ0v) is 15.0. The maximum atomic E-state index is 3.65. The Labute approximate surface area is 137 Å². The van der Waals surface area contributed by atoms with Crippen LogP contribution in [0.1, 0.15) is 25.7 Å². The molecule has 2 radical (unpaired) electrons. The van der Waals surface area contributed by atoms with E-state index in [-0.39, 0.29) is 0 Å². The van der Waals surface area contributed by atoms with Gasteiger partial charge in [0.1, 0.15) is 0 Å². The Kier molecular flexibility index (Phi) is 4.14. The number of benzene rings is 1. The molecule has 1 aliphatic heterocycles. The van der Waals surface area contributed by atoms with Crippen LogP contribution in [0, 0.1) is 5.88 Å². The van der Waals surface area contributed by atoms with Crippen LogP contribution >= 0.6 is 59.6 Å².